The van der Waals surface area contributed by atoms with Gasteiger partial charge in [0.2, 0.25) is 17.3 Å². The van der Waals surface area contributed by atoms with Crippen LogP contribution in [0.2, 0.25) is 0 Å². The van der Waals surface area contributed by atoms with E-state index in [2.05, 4.69) is 69.6 Å². The SMILES string of the molecule is [2H]C([2H])([2H])c1ccc2c3c1c1ccc[c-]c1c1ncc(n13)C(C)(C)C2(C)C.[Ir].[c-]1cccc2nc3n(c12)c1nc2ccccc2n1c1nc2ccccc2n31. The smallest absolute Gasteiger partial charge is 0.225 e. The van der Waals surface area contributed by atoms with Gasteiger partial charge in [-0.3, -0.25) is 14.4 Å². The maximum atomic E-state index is 8.12. The zero-order valence-electron chi connectivity index (χ0n) is 31.7. The quantitative estimate of drug-likeness (QED) is 0.113. The molecule has 0 saturated heterocycles. The summed E-state index contributed by atoms with van der Waals surface area (Å²) in [6, 6.07) is 38.3. The Hall–Kier alpha value is -5.63. The Labute approximate surface area is 315 Å². The van der Waals surface area contributed by atoms with E-state index < -0.39 is 6.85 Å². The average molecular weight is 856 g/mol. The Bertz CT molecular complexity index is 3170. The molecular formula is C43H32IrN8-2. The summed E-state index contributed by atoms with van der Waals surface area (Å²) in [5, 5.41) is 2.57. The van der Waals surface area contributed by atoms with Gasteiger partial charge in [0.15, 0.2) is 0 Å². The molecule has 0 atom stereocenters. The zero-order valence-corrected chi connectivity index (χ0v) is 31.1. The number of aromatic nitrogens is 8. The van der Waals surface area contributed by atoms with Crippen LogP contribution < -0.4 is 0 Å². The van der Waals surface area contributed by atoms with E-state index in [1.165, 1.54) is 0 Å². The summed E-state index contributed by atoms with van der Waals surface area (Å²) in [4.78, 5) is 19.4. The monoisotopic (exact) mass is 856 g/mol. The minimum Gasteiger partial charge on any atom is -0.336 e. The van der Waals surface area contributed by atoms with Crippen LogP contribution in [0.1, 0.15) is 48.6 Å². The van der Waals surface area contributed by atoms with E-state index in [0.29, 0.717) is 5.56 Å². The molecule has 0 aliphatic carbocycles. The Morgan fingerprint density at radius 3 is 1.96 bits per heavy atom. The number of imidazole rings is 4. The van der Waals surface area contributed by atoms with E-state index in [-0.39, 0.29) is 30.9 Å². The molecule has 7 heterocycles. The van der Waals surface area contributed by atoms with Gasteiger partial charge < -0.3 is 4.40 Å². The summed E-state index contributed by atoms with van der Waals surface area (Å²) in [6.45, 7) is 6.76. The molecule has 6 aromatic heterocycles. The Morgan fingerprint density at radius 1 is 0.635 bits per heavy atom. The van der Waals surface area contributed by atoms with E-state index in [4.69, 9.17) is 24.0 Å². The summed E-state index contributed by atoms with van der Waals surface area (Å²) >= 11 is 0. The summed E-state index contributed by atoms with van der Waals surface area (Å²) in [6.07, 6.45) is 1.95. The van der Waals surface area contributed by atoms with Gasteiger partial charge >= 0.3 is 0 Å². The van der Waals surface area contributed by atoms with Crippen LogP contribution in [0.3, 0.4) is 0 Å². The number of aryl methyl sites for hydroxylation is 1. The number of hydrogen-bond donors (Lipinski definition) is 0. The summed E-state index contributed by atoms with van der Waals surface area (Å²) in [7, 11) is 0. The number of rotatable bonds is 0. The fraction of sp³-hybridized carbons (Fsp3) is 0.163. The molecule has 1 aliphatic heterocycles. The minimum absolute atomic E-state index is 0. The van der Waals surface area contributed by atoms with E-state index in [0.717, 1.165) is 89.0 Å². The molecule has 52 heavy (non-hydrogen) atoms. The van der Waals surface area contributed by atoms with Crippen molar-refractivity contribution in [2.24, 2.45) is 0 Å². The van der Waals surface area contributed by atoms with Gasteiger partial charge in [-0.15, -0.1) is 35.7 Å². The molecule has 0 saturated carbocycles. The number of benzene rings is 5. The molecule has 0 amide bonds. The van der Waals surface area contributed by atoms with E-state index >= 15 is 0 Å². The topological polar surface area (TPSA) is 69.2 Å². The van der Waals surface area contributed by atoms with Crippen molar-refractivity contribution in [2.45, 2.75) is 45.4 Å². The molecule has 0 N–H and O–H groups in total. The first kappa shape index (κ1) is 28.0. The first-order chi connectivity index (χ1) is 26.0. The van der Waals surface area contributed by atoms with Crippen molar-refractivity contribution >= 4 is 77.8 Å². The zero-order chi connectivity index (χ0) is 36.9. The van der Waals surface area contributed by atoms with Gasteiger partial charge in [-0.05, 0) is 53.1 Å². The fourth-order valence-corrected chi connectivity index (χ4v) is 8.29. The normalized spacial score (nSPS) is 15.9. The van der Waals surface area contributed by atoms with Gasteiger partial charge in [0, 0.05) is 52.5 Å². The molecule has 255 valence electrons. The number of hydrogen-bond acceptors (Lipinski definition) is 4. The van der Waals surface area contributed by atoms with E-state index in [1.807, 2.05) is 85.1 Å². The minimum atomic E-state index is -2.19. The molecular weight excluding hydrogens is 821 g/mol. The largest absolute Gasteiger partial charge is 0.336 e. The molecule has 0 fully saturated rings. The van der Waals surface area contributed by atoms with Crippen molar-refractivity contribution in [1.82, 2.24) is 37.5 Å². The molecule has 9 heteroatoms. The third-order valence-corrected chi connectivity index (χ3v) is 11.5. The second-order valence-corrected chi connectivity index (χ2v) is 14.5. The molecule has 11 aromatic rings. The van der Waals surface area contributed by atoms with Crippen LogP contribution in [0.25, 0.3) is 77.8 Å². The Morgan fingerprint density at radius 2 is 1.25 bits per heavy atom. The van der Waals surface area contributed by atoms with Gasteiger partial charge in [-0.2, -0.15) is 18.2 Å². The van der Waals surface area contributed by atoms with Crippen molar-refractivity contribution in [1.29, 1.82) is 0 Å². The van der Waals surface area contributed by atoms with E-state index in [9.17, 15) is 0 Å². The van der Waals surface area contributed by atoms with Gasteiger partial charge in [-0.1, -0.05) is 75.0 Å². The van der Waals surface area contributed by atoms with Gasteiger partial charge in [0.1, 0.15) is 0 Å². The van der Waals surface area contributed by atoms with Gasteiger partial charge in [0.25, 0.3) is 0 Å². The number of para-hydroxylation sites is 5. The second-order valence-electron chi connectivity index (χ2n) is 14.5. The maximum absolute atomic E-state index is 8.12. The average Bonchev–Trinajstić information content (AvgIpc) is 3.95. The first-order valence-electron chi connectivity index (χ1n) is 18.6. The van der Waals surface area contributed by atoms with Crippen LogP contribution in [0.15, 0.2) is 103 Å². The van der Waals surface area contributed by atoms with Gasteiger partial charge in [0.05, 0.1) is 27.7 Å². The second kappa shape index (κ2) is 10.5. The molecule has 1 radical (unpaired) electrons. The number of fused-ring (bicyclic) bond motifs is 15. The molecule has 5 aromatic carbocycles. The Kier molecular flexibility index (Phi) is 5.64. The van der Waals surface area contributed by atoms with E-state index in [1.54, 1.807) is 6.07 Å². The maximum Gasteiger partial charge on any atom is 0.225 e. The number of pyridine rings is 1. The third-order valence-electron chi connectivity index (χ3n) is 11.5. The molecule has 8 nitrogen and oxygen atoms in total. The van der Waals surface area contributed by atoms with Crippen LogP contribution in [-0.4, -0.2) is 37.5 Å². The predicted octanol–water partition coefficient (Wildman–Crippen LogP) is 9.21. The van der Waals surface area contributed by atoms with Crippen molar-refractivity contribution in [3.8, 4) is 0 Å². The van der Waals surface area contributed by atoms with Crippen LogP contribution >= 0.6 is 0 Å². The molecule has 0 unspecified atom stereocenters. The van der Waals surface area contributed by atoms with Crippen molar-refractivity contribution < 1.29 is 24.2 Å². The Balaban J connectivity index is 0.000000133. The first-order valence-corrected chi connectivity index (χ1v) is 17.1. The molecule has 0 bridgehead atoms. The summed E-state index contributed by atoms with van der Waals surface area (Å²) in [5.74, 6) is 2.39. The standard InChI is InChI=1S/C22H21N2.C21H11N6.Ir/c1-13-10-11-16-19-18(13)14-8-6-7-9-15(14)20-23-12-17(24(19)20)22(4,5)21(16,2)3;1-4-10-16-13(7-1)22-19-25(16)20-23-15-9-3-6-12-18(15)27(20)21-24-14-8-2-5-11-17(14)26(19)21;/h6-8,10-12H,1-5H3;1-11H;/q2*-1;/i1D3;;. The van der Waals surface area contributed by atoms with Crippen molar-refractivity contribution in [3.63, 3.8) is 0 Å². The molecule has 12 rings (SSSR count). The molecule has 1 aliphatic rings. The van der Waals surface area contributed by atoms with Crippen LogP contribution in [0.4, 0.5) is 0 Å². The fourth-order valence-electron chi connectivity index (χ4n) is 8.29. The summed E-state index contributed by atoms with van der Waals surface area (Å²) in [5.41, 5.74) is 9.86. The van der Waals surface area contributed by atoms with Crippen LogP contribution in [0.5, 0.6) is 0 Å². The number of nitrogens with zero attached hydrogens (tertiary/aromatic N) is 8. The van der Waals surface area contributed by atoms with Crippen molar-refractivity contribution in [3.05, 3.63) is 132 Å². The van der Waals surface area contributed by atoms with Gasteiger partial charge in [-0.25, -0.2) is 18.8 Å². The summed E-state index contributed by atoms with van der Waals surface area (Å²) < 4.78 is 32.8. The van der Waals surface area contributed by atoms with Crippen LogP contribution in [-0.2, 0) is 30.9 Å². The van der Waals surface area contributed by atoms with Crippen molar-refractivity contribution in [2.75, 3.05) is 0 Å². The predicted molar refractivity (Wildman–Crippen MR) is 204 cm³/mol. The molecule has 0 spiro atoms. The third kappa shape index (κ3) is 3.74. The van der Waals surface area contributed by atoms with Crippen LogP contribution in [0, 0.1) is 19.0 Å².